The summed E-state index contributed by atoms with van der Waals surface area (Å²) in [7, 11) is -4.63. The number of nitrogens with one attached hydrogen (secondary N) is 3. The Bertz CT molecular complexity index is 2910. The number of hydrogen-bond donors (Lipinski definition) is 4. The summed E-state index contributed by atoms with van der Waals surface area (Å²) in [5, 5.41) is 22.7. The lowest BCUT2D eigenvalue weighted by atomic mass is 9.71. The highest BCUT2D eigenvalue weighted by atomic mass is 35.5. The van der Waals surface area contributed by atoms with E-state index in [1.807, 2.05) is 48.2 Å². The number of quaternary nitrogens is 1. The van der Waals surface area contributed by atoms with Crippen LogP contribution < -0.4 is 29.2 Å². The minimum absolute atomic E-state index is 0.00672. The summed E-state index contributed by atoms with van der Waals surface area (Å²) in [6, 6.07) is 20.9. The molecular formula is C52H62ClN7O11S. The molecule has 0 radical (unpaired) electrons. The number of H-pyrrole nitrogens is 1. The lowest BCUT2D eigenvalue weighted by Crippen LogP contribution is -2.99. The van der Waals surface area contributed by atoms with Gasteiger partial charge in [-0.25, -0.2) is 18.3 Å². The van der Waals surface area contributed by atoms with Gasteiger partial charge in [0.25, 0.3) is 15.9 Å². The summed E-state index contributed by atoms with van der Waals surface area (Å²) in [6.45, 7) is 12.3. The SMILES string of the molecule is C[C@@H]1COC(COc2ccc(S(=O)(=O)NC(=O)c3ccc(N4CCN5CC6=C(c7ccc(Cl)cc7)CC(C)(C)C[C@H]6OCCCOCC5C4)cc3N3CCCOc4nc5[nH]ccc5cc43)cc2[NH+]([O-])O)CO1. The van der Waals surface area contributed by atoms with Crippen molar-refractivity contribution in [1.82, 2.24) is 19.6 Å². The van der Waals surface area contributed by atoms with Crippen LogP contribution in [0.1, 0.15) is 62.4 Å². The van der Waals surface area contributed by atoms with E-state index in [-0.39, 0.29) is 48.2 Å². The maximum Gasteiger partial charge on any atom is 0.267 e. The molecule has 3 saturated heterocycles. The van der Waals surface area contributed by atoms with Crippen molar-refractivity contribution in [2.24, 2.45) is 5.41 Å². The van der Waals surface area contributed by atoms with Crippen LogP contribution in [-0.2, 0) is 29.0 Å². The molecule has 0 bridgehead atoms. The van der Waals surface area contributed by atoms with Gasteiger partial charge in [0.2, 0.25) is 11.6 Å². The predicted octanol–water partition coefficient (Wildman–Crippen LogP) is 6.41. The third-order valence-corrected chi connectivity index (χ3v) is 15.7. The molecule has 0 saturated carbocycles. The number of allylic oxidation sites excluding steroid dienone is 1. The molecule has 20 heteroatoms. The number of amides is 1. The van der Waals surface area contributed by atoms with E-state index < -0.39 is 37.8 Å². The highest BCUT2D eigenvalue weighted by Crippen LogP contribution is 2.46. The van der Waals surface area contributed by atoms with Crippen molar-refractivity contribution in [3.8, 4) is 11.6 Å². The van der Waals surface area contributed by atoms with Gasteiger partial charge in [0.05, 0.1) is 60.8 Å². The number of rotatable bonds is 10. The van der Waals surface area contributed by atoms with E-state index in [0.717, 1.165) is 55.1 Å². The summed E-state index contributed by atoms with van der Waals surface area (Å²) in [5.74, 6) is -0.584. The van der Waals surface area contributed by atoms with E-state index in [1.165, 1.54) is 23.3 Å². The third kappa shape index (κ3) is 11.1. The molecule has 3 aromatic carbocycles. The van der Waals surface area contributed by atoms with Crippen LogP contribution in [-0.4, -0.2) is 138 Å². The Hall–Kier alpha value is -5.32. The summed E-state index contributed by atoms with van der Waals surface area (Å²) < 4.78 is 66.8. The zero-order valence-corrected chi connectivity index (χ0v) is 42.3. The quantitative estimate of drug-likeness (QED) is 0.112. The third-order valence-electron chi connectivity index (χ3n) is 14.1. The molecule has 2 aromatic heterocycles. The Labute approximate surface area is 424 Å². The molecule has 6 heterocycles. The molecular weight excluding hydrogens is 966 g/mol. The van der Waals surface area contributed by atoms with Crippen LogP contribution in [0.4, 0.5) is 22.7 Å². The molecule has 5 aliphatic rings. The molecule has 0 spiro atoms. The zero-order valence-electron chi connectivity index (χ0n) is 40.7. The van der Waals surface area contributed by atoms with Gasteiger partial charge in [0.15, 0.2) is 5.75 Å². The van der Waals surface area contributed by atoms with Gasteiger partial charge in [0, 0.05) is 74.3 Å². The van der Waals surface area contributed by atoms with E-state index in [0.29, 0.717) is 87.0 Å². The van der Waals surface area contributed by atoms with Crippen LogP contribution >= 0.6 is 11.6 Å². The summed E-state index contributed by atoms with van der Waals surface area (Å²) in [6.07, 6.45) is 4.44. The second-order valence-corrected chi connectivity index (χ2v) is 22.1. The largest absolute Gasteiger partial charge is 0.595 e. The summed E-state index contributed by atoms with van der Waals surface area (Å²) in [5.41, 5.74) is 6.05. The molecule has 384 valence electrons. The van der Waals surface area contributed by atoms with E-state index >= 15 is 0 Å². The topological polar surface area (TPSA) is 205 Å². The van der Waals surface area contributed by atoms with Gasteiger partial charge in [-0.3, -0.25) is 9.69 Å². The number of carbonyl (C=O) groups is 1. The first-order valence-corrected chi connectivity index (χ1v) is 26.5. The van der Waals surface area contributed by atoms with Crippen LogP contribution in [0.2, 0.25) is 5.02 Å². The van der Waals surface area contributed by atoms with Crippen LogP contribution in [0.15, 0.2) is 89.5 Å². The minimum atomic E-state index is -4.63. The number of ether oxygens (including phenoxy) is 6. The van der Waals surface area contributed by atoms with Gasteiger partial charge in [-0.05, 0) is 109 Å². The van der Waals surface area contributed by atoms with Crippen LogP contribution in [0.5, 0.6) is 11.6 Å². The van der Waals surface area contributed by atoms with Gasteiger partial charge >= 0.3 is 0 Å². The van der Waals surface area contributed by atoms with E-state index in [1.54, 1.807) is 12.3 Å². The van der Waals surface area contributed by atoms with Gasteiger partial charge < -0.3 is 48.4 Å². The summed E-state index contributed by atoms with van der Waals surface area (Å²) >= 11 is 6.38. The predicted molar refractivity (Wildman–Crippen MR) is 271 cm³/mol. The number of hydrogen-bond acceptors (Lipinski definition) is 15. The first-order chi connectivity index (χ1) is 34.7. The Kier molecular flexibility index (Phi) is 14.8. The number of halogens is 1. The van der Waals surface area contributed by atoms with Gasteiger partial charge in [-0.1, -0.05) is 37.6 Å². The molecule has 10 rings (SSSR count). The smallest absolute Gasteiger partial charge is 0.267 e. The highest BCUT2D eigenvalue weighted by Gasteiger charge is 2.39. The van der Waals surface area contributed by atoms with Crippen molar-refractivity contribution in [2.45, 2.75) is 75.7 Å². The number of fused-ring (bicyclic) bond motifs is 4. The van der Waals surface area contributed by atoms with Gasteiger partial charge in [0.1, 0.15) is 24.0 Å². The normalized spacial score (nSPS) is 23.7. The van der Waals surface area contributed by atoms with E-state index in [2.05, 4.69) is 45.5 Å². The number of nitrogens with zero attached hydrogens (tertiary/aromatic N) is 4. The number of anilines is 3. The van der Waals surface area contributed by atoms with Crippen molar-refractivity contribution in [3.05, 3.63) is 106 Å². The fraction of sp³-hybridized carbons (Fsp3) is 0.462. The minimum Gasteiger partial charge on any atom is -0.595 e. The molecule has 72 heavy (non-hydrogen) atoms. The van der Waals surface area contributed by atoms with Gasteiger partial charge in [-0.15, -0.1) is 0 Å². The second kappa shape index (κ2) is 21.3. The Morgan fingerprint density at radius 3 is 2.62 bits per heavy atom. The fourth-order valence-electron chi connectivity index (χ4n) is 10.4. The zero-order chi connectivity index (χ0) is 50.1. The molecule has 5 atom stereocenters. The molecule has 5 aromatic rings. The number of aromatic amines is 1. The van der Waals surface area contributed by atoms with Crippen LogP contribution in [0.3, 0.4) is 0 Å². The molecule has 4 aliphatic heterocycles. The molecule has 1 aliphatic carbocycles. The Morgan fingerprint density at radius 1 is 0.972 bits per heavy atom. The number of sulfonamides is 1. The number of pyridine rings is 1. The van der Waals surface area contributed by atoms with Crippen LogP contribution in [0, 0.1) is 10.6 Å². The van der Waals surface area contributed by atoms with Crippen molar-refractivity contribution in [2.75, 3.05) is 88.8 Å². The van der Waals surface area contributed by atoms with Gasteiger partial charge in [-0.2, -0.15) is 10.2 Å². The first kappa shape index (κ1) is 50.2. The average Bonchev–Trinajstić information content (AvgIpc) is 3.71. The monoisotopic (exact) mass is 1030 g/mol. The van der Waals surface area contributed by atoms with Crippen LogP contribution in [0.25, 0.3) is 16.6 Å². The lowest BCUT2D eigenvalue weighted by molar-refractivity contribution is -0.991. The highest BCUT2D eigenvalue weighted by molar-refractivity contribution is 7.90. The number of piperazine rings is 1. The number of benzene rings is 3. The maximum atomic E-state index is 14.6. The molecule has 1 amide bonds. The molecule has 4 N–H and O–H groups in total. The molecule has 3 unspecified atom stereocenters. The Morgan fingerprint density at radius 2 is 1.82 bits per heavy atom. The van der Waals surface area contributed by atoms with Crippen molar-refractivity contribution in [3.63, 3.8) is 0 Å². The first-order valence-electron chi connectivity index (χ1n) is 24.7. The maximum absolute atomic E-state index is 14.6. The fourth-order valence-corrected chi connectivity index (χ4v) is 11.5. The van der Waals surface area contributed by atoms with Crippen molar-refractivity contribution >= 4 is 66.9 Å². The number of carbonyl (C=O) groups excluding carboxylic acids is 1. The van der Waals surface area contributed by atoms with Crippen molar-refractivity contribution in [1.29, 1.82) is 0 Å². The lowest BCUT2D eigenvalue weighted by Gasteiger charge is -2.45. The van der Waals surface area contributed by atoms with E-state index in [4.69, 9.17) is 45.0 Å². The number of aromatic nitrogens is 2. The summed E-state index contributed by atoms with van der Waals surface area (Å²) in [4.78, 5) is 28.9. The molecule has 3 fully saturated rings. The average molecular weight is 1030 g/mol. The van der Waals surface area contributed by atoms with Crippen molar-refractivity contribution < 1.29 is 52.1 Å². The Balaban J connectivity index is 0.961. The molecule has 18 nitrogen and oxygen atoms in total. The second-order valence-electron chi connectivity index (χ2n) is 20.0. The van der Waals surface area contributed by atoms with E-state index in [9.17, 15) is 23.6 Å². The standard InChI is InChI=1S/C52H62ClN7O11S/c1-33-29-70-39(31-69-33)32-71-47-13-11-40(24-45(47)60(62)63)72(64,65)56-50(61)41-12-10-37(23-44(41)59-16-4-20-68-51-46(59)22-35-14-15-54-49(35)55-51)57-17-18-58-28-43-42(34-6-8-36(53)9-7-34)25-52(2,3)26-48(43)67-21-5-19-66-30-38(58)27-57/h6-15,22-24,33,38-39,48,60,62H,4-5,16-21,25-32H2,1-3H3,(H,54,55)(H,56,61)/t33-,38?,39?,48-/m1/s1.